The minimum atomic E-state index is -0.0631. The van der Waals surface area contributed by atoms with Gasteiger partial charge in [0.05, 0.1) is 20.2 Å². The average molecular weight is 206 g/mol. The summed E-state index contributed by atoms with van der Waals surface area (Å²) in [6.45, 7) is 2.82. The highest BCUT2D eigenvalue weighted by atomic mass is 16.5. The Hall–Kier alpha value is -1.35. The number of benzene rings is 1. The van der Waals surface area contributed by atoms with Crippen LogP contribution in [0.5, 0.6) is 0 Å². The Balaban J connectivity index is 1.79. The van der Waals surface area contributed by atoms with Crippen LogP contribution in [0.2, 0.25) is 0 Å². The van der Waals surface area contributed by atoms with Gasteiger partial charge >= 0.3 is 5.97 Å². The molecule has 2 rings (SSSR count). The van der Waals surface area contributed by atoms with Gasteiger partial charge < -0.3 is 9.64 Å². The molecule has 15 heavy (non-hydrogen) atoms. The second-order valence-corrected chi connectivity index (χ2v) is 4.04. The molecule has 1 aromatic carbocycles. The summed E-state index contributed by atoms with van der Waals surface area (Å²) < 4.78 is 4.70. The van der Waals surface area contributed by atoms with E-state index in [2.05, 4.69) is 12.1 Å². The first-order chi connectivity index (χ1) is 7.29. The number of methoxy groups -OCH3 is 1. The zero-order chi connectivity index (χ0) is 10.7. The van der Waals surface area contributed by atoms with Crippen LogP contribution in [0.25, 0.3) is 0 Å². The Morgan fingerprint density at radius 3 is 2.67 bits per heavy atom. The molecule has 80 valence electrons. The van der Waals surface area contributed by atoms with Crippen molar-refractivity contribution in [3.63, 3.8) is 0 Å². The number of esters is 1. The fourth-order valence-corrected chi connectivity index (χ4v) is 2.00. The van der Waals surface area contributed by atoms with Gasteiger partial charge in [0, 0.05) is 5.56 Å². The Bertz CT molecular complexity index is 331. The number of carbonyl (C=O) groups is 1. The lowest BCUT2D eigenvalue weighted by Gasteiger charge is -2.33. The van der Waals surface area contributed by atoms with Crippen molar-refractivity contribution < 1.29 is 14.4 Å². The van der Waals surface area contributed by atoms with E-state index in [0.29, 0.717) is 0 Å². The maximum atomic E-state index is 11.2. The molecule has 1 N–H and O–H groups in total. The van der Waals surface area contributed by atoms with Crippen LogP contribution < -0.4 is 4.90 Å². The van der Waals surface area contributed by atoms with E-state index in [1.165, 1.54) is 17.6 Å². The molecule has 1 aromatic rings. The van der Waals surface area contributed by atoms with E-state index in [1.54, 1.807) is 0 Å². The number of rotatable bonds is 3. The Labute approximate surface area is 89.7 Å². The molecule has 1 saturated heterocycles. The number of hydrogen-bond donors (Lipinski definition) is 1. The molecule has 0 radical (unpaired) electrons. The van der Waals surface area contributed by atoms with E-state index in [0.717, 1.165) is 19.6 Å². The number of quaternary nitrogens is 1. The van der Waals surface area contributed by atoms with E-state index in [9.17, 15) is 4.79 Å². The number of ether oxygens (including phenoxy) is 1. The van der Waals surface area contributed by atoms with Gasteiger partial charge in [-0.1, -0.05) is 30.3 Å². The van der Waals surface area contributed by atoms with Crippen molar-refractivity contribution in [2.75, 3.05) is 20.2 Å². The summed E-state index contributed by atoms with van der Waals surface area (Å²) in [7, 11) is 1.46. The summed E-state index contributed by atoms with van der Waals surface area (Å²) in [4.78, 5) is 12.6. The molecule has 0 amide bonds. The van der Waals surface area contributed by atoms with Crippen LogP contribution in [0.1, 0.15) is 5.56 Å². The molecule has 0 unspecified atom stereocenters. The van der Waals surface area contributed by atoms with Gasteiger partial charge in [0.15, 0.2) is 5.92 Å². The molecule has 0 aromatic heterocycles. The maximum Gasteiger partial charge on any atom is 0.320 e. The highest BCUT2D eigenvalue weighted by Crippen LogP contribution is 2.03. The minimum Gasteiger partial charge on any atom is -0.468 e. The molecule has 0 atom stereocenters. The van der Waals surface area contributed by atoms with Crippen LogP contribution in [0, 0.1) is 5.92 Å². The Morgan fingerprint density at radius 1 is 1.40 bits per heavy atom. The van der Waals surface area contributed by atoms with Crippen molar-refractivity contribution in [3.05, 3.63) is 35.9 Å². The molecular weight excluding hydrogens is 190 g/mol. The number of nitrogens with one attached hydrogen (secondary N) is 1. The molecular formula is C12H16NO2+. The average Bonchev–Trinajstić information content (AvgIpc) is 2.23. The summed E-state index contributed by atoms with van der Waals surface area (Å²) >= 11 is 0. The third-order valence-electron chi connectivity index (χ3n) is 2.90. The second kappa shape index (κ2) is 4.45. The zero-order valence-corrected chi connectivity index (χ0v) is 8.90. The number of likely N-dealkylation sites (tertiary alicyclic amines) is 1. The molecule has 1 fully saturated rings. The fraction of sp³-hybridized carbons (Fsp3) is 0.417. The predicted octanol–water partition coefficient (Wildman–Crippen LogP) is -0.126. The first-order valence-electron chi connectivity index (χ1n) is 5.25. The van der Waals surface area contributed by atoms with Crippen molar-refractivity contribution in [2.45, 2.75) is 6.54 Å². The smallest absolute Gasteiger partial charge is 0.320 e. The van der Waals surface area contributed by atoms with Crippen LogP contribution in [0.3, 0.4) is 0 Å². The van der Waals surface area contributed by atoms with Gasteiger partial charge in [-0.05, 0) is 0 Å². The van der Waals surface area contributed by atoms with Gasteiger partial charge in [-0.3, -0.25) is 4.79 Å². The third kappa shape index (κ3) is 2.36. The normalized spacial score (nSPS) is 24.3. The summed E-state index contributed by atoms with van der Waals surface area (Å²) in [5.74, 6) is 0.0560. The third-order valence-corrected chi connectivity index (χ3v) is 2.90. The minimum absolute atomic E-state index is 0.0631. The first kappa shape index (κ1) is 10.2. The SMILES string of the molecule is COC(=O)C1C[NH+](Cc2ccccc2)C1. The summed E-state index contributed by atoms with van der Waals surface area (Å²) in [6.07, 6.45) is 0. The zero-order valence-electron chi connectivity index (χ0n) is 8.90. The topological polar surface area (TPSA) is 30.7 Å². The lowest BCUT2D eigenvalue weighted by atomic mass is 9.99. The molecule has 1 heterocycles. The van der Waals surface area contributed by atoms with Crippen LogP contribution in [0.4, 0.5) is 0 Å². The van der Waals surface area contributed by atoms with Gasteiger partial charge in [0.2, 0.25) is 0 Å². The first-order valence-corrected chi connectivity index (χ1v) is 5.25. The molecule has 3 heteroatoms. The molecule has 1 aliphatic rings. The van der Waals surface area contributed by atoms with Crippen molar-refractivity contribution >= 4 is 5.97 Å². The highest BCUT2D eigenvalue weighted by Gasteiger charge is 2.37. The largest absolute Gasteiger partial charge is 0.468 e. The molecule has 0 aliphatic carbocycles. The van der Waals surface area contributed by atoms with Crippen LogP contribution in [-0.4, -0.2) is 26.2 Å². The van der Waals surface area contributed by atoms with E-state index >= 15 is 0 Å². The lowest BCUT2D eigenvalue weighted by molar-refractivity contribution is -0.959. The van der Waals surface area contributed by atoms with Crippen LogP contribution in [-0.2, 0) is 16.1 Å². The predicted molar refractivity (Wildman–Crippen MR) is 56.3 cm³/mol. The fourth-order valence-electron chi connectivity index (χ4n) is 2.00. The Kier molecular flexibility index (Phi) is 3.02. The van der Waals surface area contributed by atoms with Crippen molar-refractivity contribution in [2.24, 2.45) is 5.92 Å². The second-order valence-electron chi connectivity index (χ2n) is 4.04. The van der Waals surface area contributed by atoms with E-state index < -0.39 is 0 Å². The molecule has 0 spiro atoms. The Morgan fingerprint density at radius 2 is 2.07 bits per heavy atom. The van der Waals surface area contributed by atoms with Crippen molar-refractivity contribution in [3.8, 4) is 0 Å². The van der Waals surface area contributed by atoms with Gasteiger partial charge in [-0.2, -0.15) is 0 Å². The molecule has 0 bridgehead atoms. The number of hydrogen-bond acceptors (Lipinski definition) is 2. The number of carbonyl (C=O) groups excluding carboxylic acids is 1. The van der Waals surface area contributed by atoms with Gasteiger partial charge in [-0.25, -0.2) is 0 Å². The molecule has 3 nitrogen and oxygen atoms in total. The van der Waals surface area contributed by atoms with E-state index in [-0.39, 0.29) is 11.9 Å². The van der Waals surface area contributed by atoms with Crippen molar-refractivity contribution in [1.82, 2.24) is 0 Å². The van der Waals surface area contributed by atoms with Gasteiger partial charge in [-0.15, -0.1) is 0 Å². The van der Waals surface area contributed by atoms with Crippen LogP contribution >= 0.6 is 0 Å². The molecule has 1 aliphatic heterocycles. The quantitative estimate of drug-likeness (QED) is 0.699. The molecule has 0 saturated carbocycles. The van der Waals surface area contributed by atoms with Gasteiger partial charge in [0.25, 0.3) is 0 Å². The standard InChI is InChI=1S/C12H15NO2/c1-15-12(14)11-8-13(9-11)7-10-5-3-2-4-6-10/h2-6,11H,7-9H2,1H3/p+1. The van der Waals surface area contributed by atoms with E-state index in [1.807, 2.05) is 18.2 Å². The summed E-state index contributed by atoms with van der Waals surface area (Å²) in [5, 5.41) is 0. The maximum absolute atomic E-state index is 11.2. The summed E-state index contributed by atoms with van der Waals surface area (Å²) in [6, 6.07) is 10.4. The van der Waals surface area contributed by atoms with E-state index in [4.69, 9.17) is 4.74 Å². The van der Waals surface area contributed by atoms with Crippen molar-refractivity contribution in [1.29, 1.82) is 0 Å². The lowest BCUT2D eigenvalue weighted by Crippen LogP contribution is -3.19. The van der Waals surface area contributed by atoms with Gasteiger partial charge in [0.1, 0.15) is 6.54 Å². The van der Waals surface area contributed by atoms with Crippen LogP contribution in [0.15, 0.2) is 30.3 Å². The highest BCUT2D eigenvalue weighted by molar-refractivity contribution is 5.73. The summed E-state index contributed by atoms with van der Waals surface area (Å²) in [5.41, 5.74) is 1.33. The monoisotopic (exact) mass is 206 g/mol.